The van der Waals surface area contributed by atoms with E-state index in [-0.39, 0.29) is 5.97 Å². The van der Waals surface area contributed by atoms with Gasteiger partial charge in [-0.3, -0.25) is 14.7 Å². The van der Waals surface area contributed by atoms with Gasteiger partial charge in [-0.25, -0.2) is 0 Å². The van der Waals surface area contributed by atoms with Crippen LogP contribution in [0.25, 0.3) is 10.9 Å². The van der Waals surface area contributed by atoms with Crippen LogP contribution >= 0.6 is 0 Å². The van der Waals surface area contributed by atoms with Gasteiger partial charge in [0.1, 0.15) is 0 Å². The quantitative estimate of drug-likeness (QED) is 0.766. The zero-order valence-electron chi connectivity index (χ0n) is 12.9. The van der Waals surface area contributed by atoms with Gasteiger partial charge < -0.3 is 4.74 Å². The molecule has 0 N–H and O–H groups in total. The molecule has 0 saturated heterocycles. The lowest BCUT2D eigenvalue weighted by Gasteiger charge is -2.21. The molecule has 1 heterocycles. The zero-order chi connectivity index (χ0) is 15.2. The van der Waals surface area contributed by atoms with Crippen molar-refractivity contribution in [2.24, 2.45) is 0 Å². The molecule has 0 radical (unpaired) electrons. The van der Waals surface area contributed by atoms with Crippen molar-refractivity contribution in [1.82, 2.24) is 9.88 Å². The van der Waals surface area contributed by atoms with Gasteiger partial charge in [0.2, 0.25) is 0 Å². The van der Waals surface area contributed by atoms with E-state index in [1.807, 2.05) is 25.1 Å². The number of benzene rings is 1. The Labute approximate surface area is 125 Å². The van der Waals surface area contributed by atoms with Crippen LogP contribution in [0.3, 0.4) is 0 Å². The van der Waals surface area contributed by atoms with Crippen LogP contribution in [-0.2, 0) is 16.1 Å². The number of carbonyl (C=O) groups is 1. The molecule has 0 amide bonds. The summed E-state index contributed by atoms with van der Waals surface area (Å²) in [7, 11) is 1.43. The fourth-order valence-corrected chi connectivity index (χ4v) is 2.54. The Morgan fingerprint density at radius 1 is 1.33 bits per heavy atom. The number of pyridine rings is 1. The number of methoxy groups -OCH3 is 1. The first-order chi connectivity index (χ1) is 10.1. The second kappa shape index (κ2) is 7.18. The maximum absolute atomic E-state index is 11.5. The number of carbonyl (C=O) groups excluding carboxylic acids is 1. The molecular weight excluding hydrogens is 264 g/mol. The SMILES string of the molecule is CCCN(CC(=O)OC)Cc1cc(C)nc2ccccc12. The van der Waals surface area contributed by atoms with E-state index < -0.39 is 0 Å². The number of ether oxygens (including phenoxy) is 1. The lowest BCUT2D eigenvalue weighted by Crippen LogP contribution is -2.31. The Morgan fingerprint density at radius 3 is 2.81 bits per heavy atom. The summed E-state index contributed by atoms with van der Waals surface area (Å²) in [5.41, 5.74) is 3.20. The van der Waals surface area contributed by atoms with Crippen molar-refractivity contribution < 1.29 is 9.53 Å². The van der Waals surface area contributed by atoms with Crippen LogP contribution in [0.15, 0.2) is 30.3 Å². The van der Waals surface area contributed by atoms with Crippen molar-refractivity contribution in [3.05, 3.63) is 41.6 Å². The Morgan fingerprint density at radius 2 is 2.10 bits per heavy atom. The predicted octanol–water partition coefficient (Wildman–Crippen LogP) is 2.93. The average Bonchev–Trinajstić information content (AvgIpc) is 2.47. The largest absolute Gasteiger partial charge is 0.468 e. The Hall–Kier alpha value is -1.94. The Balaban J connectivity index is 2.29. The molecule has 0 fully saturated rings. The summed E-state index contributed by atoms with van der Waals surface area (Å²) in [6.07, 6.45) is 0.999. The van der Waals surface area contributed by atoms with Crippen LogP contribution in [0.1, 0.15) is 24.6 Å². The summed E-state index contributed by atoms with van der Waals surface area (Å²) in [6, 6.07) is 10.2. The molecule has 21 heavy (non-hydrogen) atoms. The van der Waals surface area contributed by atoms with Gasteiger partial charge in [-0.2, -0.15) is 0 Å². The lowest BCUT2D eigenvalue weighted by molar-refractivity contribution is -0.142. The second-order valence-corrected chi connectivity index (χ2v) is 5.23. The highest BCUT2D eigenvalue weighted by molar-refractivity contribution is 5.82. The van der Waals surface area contributed by atoms with Crippen molar-refractivity contribution >= 4 is 16.9 Å². The summed E-state index contributed by atoms with van der Waals surface area (Å²) < 4.78 is 4.78. The van der Waals surface area contributed by atoms with Crippen LogP contribution < -0.4 is 0 Å². The zero-order valence-corrected chi connectivity index (χ0v) is 12.9. The number of esters is 1. The molecule has 0 aliphatic heterocycles. The molecule has 1 aromatic heterocycles. The smallest absolute Gasteiger partial charge is 0.319 e. The molecule has 0 aliphatic rings. The monoisotopic (exact) mass is 286 g/mol. The molecule has 4 nitrogen and oxygen atoms in total. The van der Waals surface area contributed by atoms with Crippen LogP contribution in [0.5, 0.6) is 0 Å². The number of nitrogens with zero attached hydrogens (tertiary/aromatic N) is 2. The minimum atomic E-state index is -0.196. The summed E-state index contributed by atoms with van der Waals surface area (Å²) in [4.78, 5) is 18.2. The van der Waals surface area contributed by atoms with Crippen molar-refractivity contribution in [2.45, 2.75) is 26.8 Å². The van der Waals surface area contributed by atoms with Gasteiger partial charge in [0.25, 0.3) is 0 Å². The van der Waals surface area contributed by atoms with Crippen molar-refractivity contribution in [3.8, 4) is 0 Å². The number of hydrogen-bond acceptors (Lipinski definition) is 4. The van der Waals surface area contributed by atoms with E-state index in [9.17, 15) is 4.79 Å². The van der Waals surface area contributed by atoms with E-state index >= 15 is 0 Å². The fraction of sp³-hybridized carbons (Fsp3) is 0.412. The first-order valence-corrected chi connectivity index (χ1v) is 7.28. The molecule has 0 unspecified atom stereocenters. The molecular formula is C17H22N2O2. The molecule has 0 bridgehead atoms. The van der Waals surface area contributed by atoms with E-state index in [1.54, 1.807) is 0 Å². The van der Waals surface area contributed by atoms with Crippen LogP contribution in [0, 0.1) is 6.92 Å². The maximum atomic E-state index is 11.5. The van der Waals surface area contributed by atoms with E-state index in [1.165, 1.54) is 12.7 Å². The summed E-state index contributed by atoms with van der Waals surface area (Å²) in [6.45, 7) is 6.03. The fourth-order valence-electron chi connectivity index (χ4n) is 2.54. The molecule has 0 aliphatic carbocycles. The molecule has 0 atom stereocenters. The Kier molecular flexibility index (Phi) is 5.28. The minimum absolute atomic E-state index is 0.196. The molecule has 4 heteroatoms. The van der Waals surface area contributed by atoms with Crippen LogP contribution in [0.2, 0.25) is 0 Å². The number of hydrogen-bond donors (Lipinski definition) is 0. The summed E-state index contributed by atoms with van der Waals surface area (Å²) in [5.74, 6) is -0.196. The average molecular weight is 286 g/mol. The van der Waals surface area contributed by atoms with Crippen molar-refractivity contribution in [1.29, 1.82) is 0 Å². The highest BCUT2D eigenvalue weighted by atomic mass is 16.5. The highest BCUT2D eigenvalue weighted by Crippen LogP contribution is 2.20. The van der Waals surface area contributed by atoms with Crippen LogP contribution in [0.4, 0.5) is 0 Å². The molecule has 112 valence electrons. The normalized spacial score (nSPS) is 11.0. The lowest BCUT2D eigenvalue weighted by atomic mass is 10.1. The molecule has 2 aromatic rings. The highest BCUT2D eigenvalue weighted by Gasteiger charge is 2.13. The number of fused-ring (bicyclic) bond motifs is 1. The summed E-state index contributed by atoms with van der Waals surface area (Å²) >= 11 is 0. The number of aryl methyl sites for hydroxylation is 1. The molecule has 0 spiro atoms. The van der Waals surface area contributed by atoms with Gasteiger partial charge >= 0.3 is 5.97 Å². The topological polar surface area (TPSA) is 42.4 Å². The Bertz CT molecular complexity index is 625. The van der Waals surface area contributed by atoms with Crippen molar-refractivity contribution in [2.75, 3.05) is 20.2 Å². The maximum Gasteiger partial charge on any atom is 0.319 e. The third-order valence-corrected chi connectivity index (χ3v) is 3.44. The van der Waals surface area contributed by atoms with Crippen molar-refractivity contribution in [3.63, 3.8) is 0 Å². The van der Waals surface area contributed by atoms with E-state index in [0.29, 0.717) is 6.54 Å². The number of para-hydroxylation sites is 1. The standard InChI is InChI=1S/C17H22N2O2/c1-4-9-19(12-17(20)21-3)11-14-10-13(2)18-16-8-6-5-7-15(14)16/h5-8,10H,4,9,11-12H2,1-3H3. The first-order valence-electron chi connectivity index (χ1n) is 7.28. The summed E-state index contributed by atoms with van der Waals surface area (Å²) in [5, 5.41) is 1.15. The third kappa shape index (κ3) is 4.02. The van der Waals surface area contributed by atoms with Gasteiger partial charge in [-0.15, -0.1) is 0 Å². The minimum Gasteiger partial charge on any atom is -0.468 e. The van der Waals surface area contributed by atoms with Crippen LogP contribution in [-0.4, -0.2) is 36.1 Å². The van der Waals surface area contributed by atoms with Gasteiger partial charge in [-0.1, -0.05) is 25.1 Å². The van der Waals surface area contributed by atoms with Gasteiger partial charge in [-0.05, 0) is 37.6 Å². The predicted molar refractivity (Wildman–Crippen MR) is 84.1 cm³/mol. The van der Waals surface area contributed by atoms with E-state index in [2.05, 4.69) is 28.9 Å². The number of rotatable bonds is 6. The van der Waals surface area contributed by atoms with E-state index in [4.69, 9.17) is 4.74 Å². The third-order valence-electron chi connectivity index (χ3n) is 3.44. The van der Waals surface area contributed by atoms with Gasteiger partial charge in [0.05, 0.1) is 19.2 Å². The molecule has 2 rings (SSSR count). The molecule has 0 saturated carbocycles. The van der Waals surface area contributed by atoms with E-state index in [0.717, 1.165) is 36.1 Å². The van der Waals surface area contributed by atoms with Gasteiger partial charge in [0.15, 0.2) is 0 Å². The first kappa shape index (κ1) is 15.4. The van der Waals surface area contributed by atoms with Gasteiger partial charge in [0, 0.05) is 17.6 Å². The number of aromatic nitrogens is 1. The second-order valence-electron chi connectivity index (χ2n) is 5.23. The molecule has 1 aromatic carbocycles.